The molecule has 1 saturated carbocycles. The Bertz CT molecular complexity index is 382. The average Bonchev–Trinajstić information content (AvgIpc) is 3.08. The van der Waals surface area contributed by atoms with Gasteiger partial charge >= 0.3 is 0 Å². The zero-order valence-corrected chi connectivity index (χ0v) is 9.79. The van der Waals surface area contributed by atoms with Crippen LogP contribution in [0.3, 0.4) is 0 Å². The second-order valence-corrected chi connectivity index (χ2v) is 4.74. The maximum atomic E-state index is 8.73. The lowest BCUT2D eigenvalue weighted by atomic mass is 10.0. The van der Waals surface area contributed by atoms with Crippen molar-refractivity contribution in [3.05, 3.63) is 29.8 Å². The Hall–Kier alpha value is -1.49. The zero-order chi connectivity index (χ0) is 11.4. The third-order valence-electron chi connectivity index (χ3n) is 3.44. The number of benzene rings is 1. The molecule has 0 radical (unpaired) electrons. The van der Waals surface area contributed by atoms with E-state index in [-0.39, 0.29) is 5.41 Å². The Morgan fingerprint density at radius 2 is 2.00 bits per heavy atom. The molecule has 2 heteroatoms. The predicted molar refractivity (Wildman–Crippen MR) is 66.2 cm³/mol. The second kappa shape index (κ2) is 4.57. The number of nitrogens with zero attached hydrogens (tertiary/aromatic N) is 1. The van der Waals surface area contributed by atoms with E-state index in [4.69, 9.17) is 5.26 Å². The van der Waals surface area contributed by atoms with Gasteiger partial charge in [-0.2, -0.15) is 5.26 Å². The van der Waals surface area contributed by atoms with Crippen molar-refractivity contribution in [3.63, 3.8) is 0 Å². The molecule has 0 spiro atoms. The summed E-state index contributed by atoms with van der Waals surface area (Å²) in [5.74, 6) is 0. The molecule has 84 valence electrons. The zero-order valence-electron chi connectivity index (χ0n) is 9.79. The SMILES string of the molecule is CCc1ccc(NCC2(CC#N)CC2)cc1. The van der Waals surface area contributed by atoms with Crippen LogP contribution in [0.1, 0.15) is 31.7 Å². The van der Waals surface area contributed by atoms with Crippen LogP contribution in [0.25, 0.3) is 0 Å². The molecule has 1 aliphatic carbocycles. The first-order valence-electron chi connectivity index (χ1n) is 5.98. The minimum absolute atomic E-state index is 0.276. The van der Waals surface area contributed by atoms with Crippen molar-refractivity contribution in [3.8, 4) is 6.07 Å². The van der Waals surface area contributed by atoms with Crippen LogP contribution >= 0.6 is 0 Å². The van der Waals surface area contributed by atoms with Gasteiger partial charge in [-0.3, -0.25) is 0 Å². The molecule has 2 rings (SSSR count). The molecule has 1 aliphatic rings. The van der Waals surface area contributed by atoms with E-state index in [1.165, 1.54) is 24.1 Å². The van der Waals surface area contributed by atoms with Crippen LogP contribution in [0.2, 0.25) is 0 Å². The van der Waals surface area contributed by atoms with Crippen molar-refractivity contribution >= 4 is 5.69 Å². The van der Waals surface area contributed by atoms with E-state index in [0.29, 0.717) is 6.42 Å². The van der Waals surface area contributed by atoms with E-state index in [9.17, 15) is 0 Å². The first-order chi connectivity index (χ1) is 7.78. The van der Waals surface area contributed by atoms with Crippen molar-refractivity contribution < 1.29 is 0 Å². The van der Waals surface area contributed by atoms with Crippen molar-refractivity contribution in [2.24, 2.45) is 5.41 Å². The minimum Gasteiger partial charge on any atom is -0.384 e. The molecule has 1 fully saturated rings. The normalized spacial score (nSPS) is 16.5. The predicted octanol–water partition coefficient (Wildman–Crippen LogP) is 3.35. The van der Waals surface area contributed by atoms with Crippen molar-refractivity contribution in [2.75, 3.05) is 11.9 Å². The fraction of sp³-hybridized carbons (Fsp3) is 0.500. The third-order valence-corrected chi connectivity index (χ3v) is 3.44. The number of rotatable bonds is 5. The number of nitrogens with one attached hydrogen (secondary N) is 1. The highest BCUT2D eigenvalue weighted by Crippen LogP contribution is 2.48. The van der Waals surface area contributed by atoms with E-state index in [1.807, 2.05) is 0 Å². The number of anilines is 1. The molecule has 0 bridgehead atoms. The van der Waals surface area contributed by atoms with Crippen LogP contribution in [0.4, 0.5) is 5.69 Å². The molecule has 1 aromatic rings. The maximum Gasteiger partial charge on any atom is 0.0628 e. The Morgan fingerprint density at radius 3 is 2.50 bits per heavy atom. The molecule has 1 N–H and O–H groups in total. The number of hydrogen-bond acceptors (Lipinski definition) is 2. The summed E-state index contributed by atoms with van der Waals surface area (Å²) in [7, 11) is 0. The molecule has 0 amide bonds. The van der Waals surface area contributed by atoms with Crippen LogP contribution in [-0.2, 0) is 6.42 Å². The minimum atomic E-state index is 0.276. The maximum absolute atomic E-state index is 8.73. The van der Waals surface area contributed by atoms with Gasteiger partial charge in [-0.15, -0.1) is 0 Å². The Labute approximate surface area is 97.3 Å². The first kappa shape index (κ1) is 11.0. The van der Waals surface area contributed by atoms with Gasteiger partial charge in [0.1, 0.15) is 0 Å². The third kappa shape index (κ3) is 2.55. The van der Waals surface area contributed by atoms with Crippen LogP contribution in [0.5, 0.6) is 0 Å². The Morgan fingerprint density at radius 1 is 1.31 bits per heavy atom. The van der Waals surface area contributed by atoms with Gasteiger partial charge in [-0.05, 0) is 37.0 Å². The molecule has 0 atom stereocenters. The molecule has 1 aromatic carbocycles. The topological polar surface area (TPSA) is 35.8 Å². The van der Waals surface area contributed by atoms with Crippen molar-refractivity contribution in [2.45, 2.75) is 32.6 Å². The van der Waals surface area contributed by atoms with E-state index in [1.54, 1.807) is 0 Å². The molecule has 0 heterocycles. The van der Waals surface area contributed by atoms with Crippen molar-refractivity contribution in [1.29, 1.82) is 5.26 Å². The fourth-order valence-corrected chi connectivity index (χ4v) is 1.91. The monoisotopic (exact) mass is 214 g/mol. The molecule has 0 saturated heterocycles. The summed E-state index contributed by atoms with van der Waals surface area (Å²) in [5.41, 5.74) is 2.81. The quantitative estimate of drug-likeness (QED) is 0.815. The lowest BCUT2D eigenvalue weighted by Gasteiger charge is -2.13. The molecule has 0 unspecified atom stereocenters. The molecular formula is C14H18N2. The van der Waals surface area contributed by atoms with Gasteiger partial charge in [-0.25, -0.2) is 0 Å². The van der Waals surface area contributed by atoms with E-state index < -0.39 is 0 Å². The van der Waals surface area contributed by atoms with E-state index in [0.717, 1.165) is 13.0 Å². The number of aryl methyl sites for hydroxylation is 1. The summed E-state index contributed by atoms with van der Waals surface area (Å²) in [5, 5.41) is 12.2. The number of nitriles is 1. The summed E-state index contributed by atoms with van der Waals surface area (Å²) < 4.78 is 0. The standard InChI is InChI=1S/C14H18N2/c1-2-12-3-5-13(6-4-12)16-11-14(7-8-14)9-10-15/h3-6,16H,2,7-9,11H2,1H3. The smallest absolute Gasteiger partial charge is 0.0628 e. The molecule has 0 aromatic heterocycles. The van der Waals surface area contributed by atoms with Gasteiger partial charge in [0.25, 0.3) is 0 Å². The van der Waals surface area contributed by atoms with Gasteiger partial charge in [0.05, 0.1) is 6.07 Å². The molecule has 0 aliphatic heterocycles. The highest BCUT2D eigenvalue weighted by atomic mass is 14.9. The van der Waals surface area contributed by atoms with E-state index in [2.05, 4.69) is 42.6 Å². The van der Waals surface area contributed by atoms with Gasteiger partial charge < -0.3 is 5.32 Å². The van der Waals surface area contributed by atoms with Crippen LogP contribution in [-0.4, -0.2) is 6.54 Å². The Kier molecular flexibility index (Phi) is 3.14. The van der Waals surface area contributed by atoms with Crippen LogP contribution < -0.4 is 5.32 Å². The fourth-order valence-electron chi connectivity index (χ4n) is 1.91. The molecular weight excluding hydrogens is 196 g/mol. The number of hydrogen-bond donors (Lipinski definition) is 1. The summed E-state index contributed by atoms with van der Waals surface area (Å²) >= 11 is 0. The average molecular weight is 214 g/mol. The highest BCUT2D eigenvalue weighted by molar-refractivity contribution is 5.45. The van der Waals surface area contributed by atoms with Gasteiger partial charge in [0.2, 0.25) is 0 Å². The lowest BCUT2D eigenvalue weighted by molar-refractivity contribution is 0.557. The summed E-state index contributed by atoms with van der Waals surface area (Å²) in [4.78, 5) is 0. The molecule has 2 nitrogen and oxygen atoms in total. The lowest BCUT2D eigenvalue weighted by Crippen LogP contribution is -2.14. The van der Waals surface area contributed by atoms with Gasteiger partial charge in [0.15, 0.2) is 0 Å². The molecule has 16 heavy (non-hydrogen) atoms. The van der Waals surface area contributed by atoms with E-state index >= 15 is 0 Å². The largest absolute Gasteiger partial charge is 0.384 e. The Balaban J connectivity index is 1.88. The summed E-state index contributed by atoms with van der Waals surface area (Å²) in [6.45, 7) is 3.10. The van der Waals surface area contributed by atoms with Crippen LogP contribution in [0, 0.1) is 16.7 Å². The second-order valence-electron chi connectivity index (χ2n) is 4.74. The summed E-state index contributed by atoms with van der Waals surface area (Å²) in [6, 6.07) is 10.9. The van der Waals surface area contributed by atoms with Crippen molar-refractivity contribution in [1.82, 2.24) is 0 Å². The first-order valence-corrected chi connectivity index (χ1v) is 5.98. The highest BCUT2D eigenvalue weighted by Gasteiger charge is 2.41. The van der Waals surface area contributed by atoms with Crippen LogP contribution in [0.15, 0.2) is 24.3 Å². The summed E-state index contributed by atoms with van der Waals surface area (Å²) in [6.07, 6.45) is 4.16. The van der Waals surface area contributed by atoms with Gasteiger partial charge in [0, 0.05) is 24.1 Å². The van der Waals surface area contributed by atoms with Gasteiger partial charge in [-0.1, -0.05) is 19.1 Å².